The highest BCUT2D eigenvalue weighted by atomic mass is 16.7. The largest absolute Gasteiger partial charge is 0.392 e. The number of benzene rings is 2. The Morgan fingerprint density at radius 2 is 1.59 bits per heavy atom. The SMILES string of the molecule is CC(=O)NCCCCCC(=O)NCc1ccc([C@@H]2O[C@H](CN3CCOCC3)[C@H](C)[C@H](c3ccc(CO)cc3)O2)cc1. The van der Waals surface area contributed by atoms with Crippen LogP contribution >= 0.6 is 0 Å². The molecule has 224 valence electrons. The van der Waals surface area contributed by atoms with E-state index >= 15 is 0 Å². The second-order valence-electron chi connectivity index (χ2n) is 11.0. The van der Waals surface area contributed by atoms with Crippen LogP contribution in [0.25, 0.3) is 0 Å². The van der Waals surface area contributed by atoms with Gasteiger partial charge in [-0.15, -0.1) is 0 Å². The molecule has 2 heterocycles. The van der Waals surface area contributed by atoms with E-state index in [1.54, 1.807) is 0 Å². The van der Waals surface area contributed by atoms with Crippen molar-refractivity contribution in [2.75, 3.05) is 39.4 Å². The van der Waals surface area contributed by atoms with Gasteiger partial charge < -0.3 is 30.0 Å². The van der Waals surface area contributed by atoms with Crippen molar-refractivity contribution in [3.63, 3.8) is 0 Å². The molecule has 41 heavy (non-hydrogen) atoms. The molecule has 2 fully saturated rings. The third-order valence-corrected chi connectivity index (χ3v) is 7.86. The van der Waals surface area contributed by atoms with Crippen LogP contribution in [0.15, 0.2) is 48.5 Å². The maximum absolute atomic E-state index is 12.3. The fourth-order valence-electron chi connectivity index (χ4n) is 5.30. The molecule has 0 bridgehead atoms. The van der Waals surface area contributed by atoms with Gasteiger partial charge in [0, 0.05) is 57.5 Å². The number of unbranched alkanes of at least 4 members (excludes halogenated alkanes) is 2. The zero-order valence-corrected chi connectivity index (χ0v) is 24.3. The second-order valence-corrected chi connectivity index (χ2v) is 11.0. The number of aliphatic hydroxyl groups excluding tert-OH is 1. The molecule has 0 radical (unpaired) electrons. The van der Waals surface area contributed by atoms with E-state index in [-0.39, 0.29) is 36.5 Å². The normalized spacial score (nSPS) is 23.2. The molecule has 0 saturated carbocycles. The highest BCUT2D eigenvalue weighted by Crippen LogP contribution is 2.41. The van der Waals surface area contributed by atoms with Crippen LogP contribution in [0.2, 0.25) is 0 Å². The highest BCUT2D eigenvalue weighted by molar-refractivity contribution is 5.75. The van der Waals surface area contributed by atoms with E-state index in [2.05, 4.69) is 22.5 Å². The van der Waals surface area contributed by atoms with E-state index in [9.17, 15) is 14.7 Å². The van der Waals surface area contributed by atoms with Crippen molar-refractivity contribution < 1.29 is 28.9 Å². The molecule has 2 amide bonds. The summed E-state index contributed by atoms with van der Waals surface area (Å²) in [6.45, 7) is 8.90. The van der Waals surface area contributed by atoms with Crippen LogP contribution in [0.4, 0.5) is 0 Å². The Kier molecular flexibility index (Phi) is 12.1. The molecule has 4 rings (SSSR count). The van der Waals surface area contributed by atoms with Crippen LogP contribution in [-0.4, -0.2) is 67.3 Å². The van der Waals surface area contributed by atoms with Gasteiger partial charge >= 0.3 is 0 Å². The number of hydrogen-bond acceptors (Lipinski definition) is 7. The molecule has 0 aliphatic carbocycles. The Balaban J connectivity index is 1.34. The maximum atomic E-state index is 12.3. The van der Waals surface area contributed by atoms with Gasteiger partial charge in [0.05, 0.1) is 32.0 Å². The van der Waals surface area contributed by atoms with Gasteiger partial charge in [-0.25, -0.2) is 0 Å². The first-order chi connectivity index (χ1) is 19.9. The summed E-state index contributed by atoms with van der Waals surface area (Å²) in [6, 6.07) is 16.0. The molecule has 2 aliphatic heterocycles. The van der Waals surface area contributed by atoms with Gasteiger partial charge in [-0.05, 0) is 29.5 Å². The number of hydrogen-bond donors (Lipinski definition) is 3. The second kappa shape index (κ2) is 16.0. The van der Waals surface area contributed by atoms with Gasteiger partial charge in [-0.2, -0.15) is 0 Å². The lowest BCUT2D eigenvalue weighted by Crippen LogP contribution is -2.47. The van der Waals surface area contributed by atoms with Crippen LogP contribution in [-0.2, 0) is 37.0 Å². The van der Waals surface area contributed by atoms with Gasteiger partial charge in [0.1, 0.15) is 0 Å². The Morgan fingerprint density at radius 3 is 2.27 bits per heavy atom. The van der Waals surface area contributed by atoms with Gasteiger partial charge in [-0.3, -0.25) is 14.5 Å². The summed E-state index contributed by atoms with van der Waals surface area (Å²) in [4.78, 5) is 25.6. The number of aliphatic hydroxyl groups is 1. The first-order valence-electron chi connectivity index (χ1n) is 14.8. The average Bonchev–Trinajstić information content (AvgIpc) is 2.99. The molecule has 2 aliphatic rings. The number of rotatable bonds is 13. The minimum Gasteiger partial charge on any atom is -0.392 e. The van der Waals surface area contributed by atoms with Crippen LogP contribution < -0.4 is 10.6 Å². The molecule has 2 aromatic carbocycles. The van der Waals surface area contributed by atoms with Crippen molar-refractivity contribution in [2.45, 2.75) is 71.2 Å². The first-order valence-corrected chi connectivity index (χ1v) is 14.8. The van der Waals surface area contributed by atoms with E-state index in [0.29, 0.717) is 19.5 Å². The molecule has 0 unspecified atom stereocenters. The van der Waals surface area contributed by atoms with E-state index in [1.807, 2.05) is 48.5 Å². The lowest BCUT2D eigenvalue weighted by Gasteiger charge is -2.43. The van der Waals surface area contributed by atoms with Gasteiger partial charge in [0.15, 0.2) is 6.29 Å². The van der Waals surface area contributed by atoms with E-state index in [4.69, 9.17) is 14.2 Å². The van der Waals surface area contributed by atoms with Crippen LogP contribution in [0, 0.1) is 5.92 Å². The quantitative estimate of drug-likeness (QED) is 0.317. The third kappa shape index (κ3) is 9.61. The smallest absolute Gasteiger partial charge is 0.220 e. The van der Waals surface area contributed by atoms with Gasteiger partial charge in [0.25, 0.3) is 0 Å². The fourth-order valence-corrected chi connectivity index (χ4v) is 5.30. The third-order valence-electron chi connectivity index (χ3n) is 7.86. The van der Waals surface area contributed by atoms with E-state index in [0.717, 1.165) is 74.4 Å². The number of amides is 2. The molecular formula is C32H45N3O6. The number of carbonyl (C=O) groups is 2. The minimum atomic E-state index is -0.513. The standard InChI is InChI=1S/C32H45N3O6/c1-23-29(21-35-16-18-39-19-17-35)40-32(41-31(23)27-11-9-26(22-36)10-12-27)28-13-7-25(8-14-28)20-34-30(38)6-4-3-5-15-33-24(2)37/h7-14,23,29,31-32,36H,3-6,15-22H2,1-2H3,(H,33,37)(H,34,38)/t23-,29+,31+,32+/m0/s1. The Hall–Kier alpha value is -2.82. The molecular weight excluding hydrogens is 522 g/mol. The van der Waals surface area contributed by atoms with Crippen LogP contribution in [0.5, 0.6) is 0 Å². The number of ether oxygens (including phenoxy) is 3. The predicted octanol–water partition coefficient (Wildman–Crippen LogP) is 3.62. The summed E-state index contributed by atoms with van der Waals surface area (Å²) in [5, 5.41) is 15.2. The van der Waals surface area contributed by atoms with E-state index in [1.165, 1.54) is 6.92 Å². The molecule has 9 heteroatoms. The molecule has 0 spiro atoms. The van der Waals surface area contributed by atoms with Gasteiger partial charge in [-0.1, -0.05) is 61.9 Å². The summed E-state index contributed by atoms with van der Waals surface area (Å²) in [5.41, 5.74) is 3.90. The average molecular weight is 568 g/mol. The number of carbonyl (C=O) groups excluding carboxylic acids is 2. The minimum absolute atomic E-state index is 0.0134. The summed E-state index contributed by atoms with van der Waals surface area (Å²) >= 11 is 0. The lowest BCUT2D eigenvalue weighted by atomic mass is 9.90. The summed E-state index contributed by atoms with van der Waals surface area (Å²) in [6.07, 6.45) is 2.37. The zero-order valence-electron chi connectivity index (χ0n) is 24.3. The summed E-state index contributed by atoms with van der Waals surface area (Å²) in [5.74, 6) is 0.141. The predicted molar refractivity (Wildman–Crippen MR) is 156 cm³/mol. The van der Waals surface area contributed by atoms with E-state index < -0.39 is 6.29 Å². The molecule has 2 aromatic rings. The zero-order chi connectivity index (χ0) is 29.0. The number of nitrogens with zero attached hydrogens (tertiary/aromatic N) is 1. The summed E-state index contributed by atoms with van der Waals surface area (Å²) < 4.78 is 18.7. The van der Waals surface area contributed by atoms with Crippen LogP contribution in [0.3, 0.4) is 0 Å². The molecule has 0 aromatic heterocycles. The van der Waals surface area contributed by atoms with Gasteiger partial charge in [0.2, 0.25) is 11.8 Å². The van der Waals surface area contributed by atoms with Crippen molar-refractivity contribution in [1.82, 2.24) is 15.5 Å². The number of morpholine rings is 1. The highest BCUT2D eigenvalue weighted by Gasteiger charge is 2.39. The lowest BCUT2D eigenvalue weighted by molar-refractivity contribution is -0.277. The molecule has 2 saturated heterocycles. The Bertz CT molecular complexity index is 1090. The van der Waals surface area contributed by atoms with Crippen molar-refractivity contribution >= 4 is 11.8 Å². The Labute approximate surface area is 243 Å². The van der Waals surface area contributed by atoms with Crippen molar-refractivity contribution in [3.05, 3.63) is 70.8 Å². The Morgan fingerprint density at radius 1 is 0.902 bits per heavy atom. The van der Waals surface area contributed by atoms with Crippen molar-refractivity contribution in [2.24, 2.45) is 5.92 Å². The molecule has 4 atom stereocenters. The van der Waals surface area contributed by atoms with Crippen molar-refractivity contribution in [1.29, 1.82) is 0 Å². The van der Waals surface area contributed by atoms with Crippen LogP contribution in [0.1, 0.15) is 74.2 Å². The van der Waals surface area contributed by atoms with Crippen molar-refractivity contribution in [3.8, 4) is 0 Å². The maximum Gasteiger partial charge on any atom is 0.220 e. The number of nitrogens with one attached hydrogen (secondary N) is 2. The monoisotopic (exact) mass is 567 g/mol. The summed E-state index contributed by atoms with van der Waals surface area (Å²) in [7, 11) is 0. The fraction of sp³-hybridized carbons (Fsp3) is 0.562. The molecule has 9 nitrogen and oxygen atoms in total. The topological polar surface area (TPSA) is 109 Å². The first kappa shape index (κ1) is 31.1. The molecule has 3 N–H and O–H groups in total.